The number of piperazine rings is 1. The molecular formula is C25H18Cl2F3N3O2S. The molecule has 3 heterocycles. The van der Waals surface area contributed by atoms with Gasteiger partial charge in [0.1, 0.15) is 11.5 Å². The number of carbonyl (C=O) groups is 1. The Balaban J connectivity index is 1.24. The van der Waals surface area contributed by atoms with Crippen LogP contribution in [0.25, 0.3) is 17.4 Å². The molecule has 0 radical (unpaired) electrons. The van der Waals surface area contributed by atoms with Crippen molar-refractivity contribution < 1.29 is 22.4 Å². The summed E-state index contributed by atoms with van der Waals surface area (Å²) in [5, 5.41) is 1.59. The molecule has 5 rings (SSSR count). The number of furan rings is 1. The number of amides is 1. The third kappa shape index (κ3) is 5.28. The summed E-state index contributed by atoms with van der Waals surface area (Å²) in [7, 11) is 0. The minimum Gasteiger partial charge on any atom is -0.457 e. The highest BCUT2D eigenvalue weighted by Crippen LogP contribution is 2.35. The molecule has 2 aromatic carbocycles. The van der Waals surface area contributed by atoms with E-state index in [9.17, 15) is 18.0 Å². The number of hydrogen-bond donors (Lipinski definition) is 0. The second-order valence-electron chi connectivity index (χ2n) is 8.16. The predicted octanol–water partition coefficient (Wildman–Crippen LogP) is 7.06. The van der Waals surface area contributed by atoms with E-state index in [1.54, 1.807) is 42.5 Å². The first kappa shape index (κ1) is 24.8. The summed E-state index contributed by atoms with van der Waals surface area (Å²) in [4.78, 5) is 21.0. The minimum atomic E-state index is -4.38. The van der Waals surface area contributed by atoms with Crippen LogP contribution in [0.5, 0.6) is 0 Å². The van der Waals surface area contributed by atoms with Crippen LogP contribution in [0.4, 0.5) is 18.9 Å². The van der Waals surface area contributed by atoms with E-state index >= 15 is 0 Å². The van der Waals surface area contributed by atoms with E-state index in [2.05, 4.69) is 4.99 Å². The van der Waals surface area contributed by atoms with E-state index < -0.39 is 11.7 Å². The van der Waals surface area contributed by atoms with Gasteiger partial charge in [-0.1, -0.05) is 29.3 Å². The molecule has 0 saturated carbocycles. The first-order chi connectivity index (χ1) is 17.2. The zero-order valence-corrected chi connectivity index (χ0v) is 20.9. The molecule has 2 aliphatic rings. The van der Waals surface area contributed by atoms with Crippen molar-refractivity contribution in [2.75, 3.05) is 31.1 Å². The molecule has 0 aliphatic carbocycles. The molecule has 36 heavy (non-hydrogen) atoms. The van der Waals surface area contributed by atoms with Gasteiger partial charge in [0.25, 0.3) is 5.91 Å². The van der Waals surface area contributed by atoms with Gasteiger partial charge in [-0.05, 0) is 60.3 Å². The Kier molecular flexibility index (Phi) is 6.80. The van der Waals surface area contributed by atoms with E-state index in [1.165, 1.54) is 17.8 Å². The summed E-state index contributed by atoms with van der Waals surface area (Å²) in [6.07, 6.45) is -2.75. The van der Waals surface area contributed by atoms with Gasteiger partial charge in [0.2, 0.25) is 0 Å². The summed E-state index contributed by atoms with van der Waals surface area (Å²) in [6.45, 7) is 2.08. The van der Waals surface area contributed by atoms with E-state index in [4.69, 9.17) is 27.6 Å². The van der Waals surface area contributed by atoms with Crippen LogP contribution in [0.3, 0.4) is 0 Å². The largest absolute Gasteiger partial charge is 0.457 e. The highest BCUT2D eigenvalue weighted by atomic mass is 35.5. The zero-order valence-electron chi connectivity index (χ0n) is 18.6. The maximum Gasteiger partial charge on any atom is 0.416 e. The Morgan fingerprint density at radius 1 is 0.972 bits per heavy atom. The number of alkyl halides is 3. The Bertz CT molecular complexity index is 1380. The molecule has 3 aromatic rings. The smallest absolute Gasteiger partial charge is 0.416 e. The van der Waals surface area contributed by atoms with Crippen LogP contribution in [0.15, 0.2) is 68.9 Å². The molecule has 1 aromatic heterocycles. The van der Waals surface area contributed by atoms with Crippen LogP contribution in [-0.4, -0.2) is 42.2 Å². The molecule has 186 valence electrons. The standard InChI is InChI=1S/C25H18Cl2F3N3O2S/c26-16-4-6-20(27)19(13-16)21-7-5-18(35-21)14-22-23(34)31-24(36-22)33-10-8-32(9-11-33)17-3-1-2-15(12-17)25(28,29)30/h1-7,12-14H,8-11H2. The average Bonchev–Trinajstić information content (AvgIpc) is 3.47. The normalized spacial score (nSPS) is 17.8. The Labute approximate surface area is 219 Å². The number of halogens is 5. The molecule has 5 nitrogen and oxygen atoms in total. The van der Waals surface area contributed by atoms with Crippen LogP contribution >= 0.6 is 35.0 Å². The third-order valence-corrected chi connectivity index (χ3v) is 7.40. The molecule has 0 unspecified atom stereocenters. The highest BCUT2D eigenvalue weighted by molar-refractivity contribution is 8.18. The first-order valence-electron chi connectivity index (χ1n) is 10.9. The number of rotatable bonds is 3. The molecule has 0 bridgehead atoms. The molecule has 1 fully saturated rings. The van der Waals surface area contributed by atoms with E-state index in [0.717, 1.165) is 12.1 Å². The van der Waals surface area contributed by atoms with Gasteiger partial charge in [-0.25, -0.2) is 0 Å². The van der Waals surface area contributed by atoms with Crippen LogP contribution in [0.2, 0.25) is 10.0 Å². The second-order valence-corrected chi connectivity index (χ2v) is 10.0. The number of aliphatic imine (C=N–C) groups is 1. The quantitative estimate of drug-likeness (QED) is 0.326. The average molecular weight is 552 g/mol. The number of nitrogens with zero attached hydrogens (tertiary/aromatic N) is 3. The van der Waals surface area contributed by atoms with Crippen molar-refractivity contribution >= 4 is 57.8 Å². The number of anilines is 1. The lowest BCUT2D eigenvalue weighted by Gasteiger charge is -2.36. The molecule has 1 amide bonds. The van der Waals surface area contributed by atoms with Crippen molar-refractivity contribution in [1.29, 1.82) is 0 Å². The lowest BCUT2D eigenvalue weighted by molar-refractivity contribution is -0.137. The molecule has 11 heteroatoms. The van der Waals surface area contributed by atoms with Crippen molar-refractivity contribution in [3.63, 3.8) is 0 Å². The molecule has 0 atom stereocenters. The molecular weight excluding hydrogens is 534 g/mol. The van der Waals surface area contributed by atoms with E-state index in [0.29, 0.717) is 69.1 Å². The highest BCUT2D eigenvalue weighted by Gasteiger charge is 2.32. The minimum absolute atomic E-state index is 0.367. The van der Waals surface area contributed by atoms with Gasteiger partial charge in [0.15, 0.2) is 5.17 Å². The van der Waals surface area contributed by atoms with Crippen LogP contribution < -0.4 is 4.90 Å². The Hall–Kier alpha value is -2.88. The van der Waals surface area contributed by atoms with Gasteiger partial charge in [-0.15, -0.1) is 0 Å². The maximum absolute atomic E-state index is 13.1. The fourth-order valence-corrected chi connectivity index (χ4v) is 5.29. The van der Waals surface area contributed by atoms with Crippen LogP contribution in [-0.2, 0) is 11.0 Å². The van der Waals surface area contributed by atoms with Gasteiger partial charge in [0.05, 0.1) is 15.5 Å². The first-order valence-corrected chi connectivity index (χ1v) is 12.5. The van der Waals surface area contributed by atoms with Crippen molar-refractivity contribution in [3.8, 4) is 11.3 Å². The summed E-state index contributed by atoms with van der Waals surface area (Å²) in [6, 6.07) is 13.9. The monoisotopic (exact) mass is 551 g/mol. The van der Waals surface area contributed by atoms with E-state index in [-0.39, 0.29) is 5.91 Å². The fourth-order valence-electron chi connectivity index (χ4n) is 3.96. The summed E-state index contributed by atoms with van der Waals surface area (Å²) in [5.74, 6) is 0.633. The van der Waals surface area contributed by atoms with Gasteiger partial charge < -0.3 is 14.2 Å². The maximum atomic E-state index is 13.1. The van der Waals surface area contributed by atoms with Crippen LogP contribution in [0, 0.1) is 0 Å². The van der Waals surface area contributed by atoms with Crippen molar-refractivity contribution in [3.05, 3.63) is 80.9 Å². The molecule has 1 saturated heterocycles. The van der Waals surface area contributed by atoms with Crippen molar-refractivity contribution in [1.82, 2.24) is 4.90 Å². The number of carbonyl (C=O) groups excluding carboxylic acids is 1. The van der Waals surface area contributed by atoms with Gasteiger partial charge in [-0.2, -0.15) is 18.2 Å². The number of benzene rings is 2. The molecule has 0 N–H and O–H groups in total. The molecule has 2 aliphatic heterocycles. The Morgan fingerprint density at radius 3 is 2.47 bits per heavy atom. The lowest BCUT2D eigenvalue weighted by Crippen LogP contribution is -2.47. The summed E-state index contributed by atoms with van der Waals surface area (Å²) < 4.78 is 45.0. The number of amidine groups is 1. The Morgan fingerprint density at radius 2 is 1.72 bits per heavy atom. The summed E-state index contributed by atoms with van der Waals surface area (Å²) in [5.41, 5.74) is 0.502. The van der Waals surface area contributed by atoms with Crippen LogP contribution in [0.1, 0.15) is 11.3 Å². The third-order valence-electron chi connectivity index (χ3n) is 5.79. The number of thioether (sulfide) groups is 1. The summed E-state index contributed by atoms with van der Waals surface area (Å²) >= 11 is 13.6. The van der Waals surface area contributed by atoms with Crippen molar-refractivity contribution in [2.24, 2.45) is 4.99 Å². The van der Waals surface area contributed by atoms with Gasteiger partial charge in [-0.3, -0.25) is 4.79 Å². The van der Waals surface area contributed by atoms with Gasteiger partial charge in [0, 0.05) is 48.5 Å². The van der Waals surface area contributed by atoms with Crippen molar-refractivity contribution in [2.45, 2.75) is 6.18 Å². The molecule has 0 spiro atoms. The zero-order chi connectivity index (χ0) is 25.4. The lowest BCUT2D eigenvalue weighted by atomic mass is 10.1. The number of hydrogen-bond acceptors (Lipinski definition) is 5. The SMILES string of the molecule is O=C1N=C(N2CCN(c3cccc(C(F)(F)F)c3)CC2)SC1=Cc1ccc(-c2cc(Cl)ccc2Cl)o1. The van der Waals surface area contributed by atoms with Gasteiger partial charge >= 0.3 is 6.18 Å². The topological polar surface area (TPSA) is 49.1 Å². The predicted molar refractivity (Wildman–Crippen MR) is 137 cm³/mol. The van der Waals surface area contributed by atoms with E-state index in [1.807, 2.05) is 9.80 Å². The fraction of sp³-hybridized carbons (Fsp3) is 0.200. The second kappa shape index (κ2) is 9.88.